The summed E-state index contributed by atoms with van der Waals surface area (Å²) in [5.41, 5.74) is 2.60. The molecule has 0 spiro atoms. The molecule has 1 unspecified atom stereocenters. The smallest absolute Gasteiger partial charge is 0.0597 e. The lowest BCUT2D eigenvalue weighted by Gasteiger charge is -2.47. The van der Waals surface area contributed by atoms with E-state index in [4.69, 9.17) is 0 Å². The van der Waals surface area contributed by atoms with Gasteiger partial charge in [0, 0.05) is 38.3 Å². The van der Waals surface area contributed by atoms with Crippen LogP contribution in [0.15, 0.2) is 6.07 Å². The van der Waals surface area contributed by atoms with Crippen LogP contribution in [0.5, 0.6) is 0 Å². The average Bonchev–Trinajstić information content (AvgIpc) is 2.60. The molecule has 2 rings (SSSR count). The van der Waals surface area contributed by atoms with Crippen LogP contribution < -0.4 is 5.32 Å². The van der Waals surface area contributed by atoms with Crippen molar-refractivity contribution in [3.05, 3.63) is 17.5 Å². The SMILES string of the molecule is Cc1cc(CN2CC(C(C)C)NCC2(C)C)n(C)n1. The van der Waals surface area contributed by atoms with Crippen molar-refractivity contribution >= 4 is 0 Å². The van der Waals surface area contributed by atoms with E-state index >= 15 is 0 Å². The third kappa shape index (κ3) is 3.18. The summed E-state index contributed by atoms with van der Waals surface area (Å²) in [5.74, 6) is 0.673. The molecule has 1 aromatic rings. The summed E-state index contributed by atoms with van der Waals surface area (Å²) in [5, 5.41) is 8.13. The van der Waals surface area contributed by atoms with Crippen molar-refractivity contribution in [2.75, 3.05) is 13.1 Å². The molecular formula is C15H28N4. The topological polar surface area (TPSA) is 33.1 Å². The molecule has 0 saturated carbocycles. The van der Waals surface area contributed by atoms with Crippen molar-refractivity contribution in [1.82, 2.24) is 20.0 Å². The summed E-state index contributed by atoms with van der Waals surface area (Å²) in [4.78, 5) is 2.59. The van der Waals surface area contributed by atoms with Gasteiger partial charge in [-0.25, -0.2) is 0 Å². The maximum Gasteiger partial charge on any atom is 0.0597 e. The van der Waals surface area contributed by atoms with E-state index in [9.17, 15) is 0 Å². The highest BCUT2D eigenvalue weighted by atomic mass is 15.3. The van der Waals surface area contributed by atoms with Gasteiger partial charge in [0.05, 0.1) is 11.4 Å². The predicted molar refractivity (Wildman–Crippen MR) is 79.1 cm³/mol. The molecule has 0 aromatic carbocycles. The summed E-state index contributed by atoms with van der Waals surface area (Å²) in [6, 6.07) is 2.78. The Kier molecular flexibility index (Phi) is 4.02. The van der Waals surface area contributed by atoms with E-state index in [1.54, 1.807) is 0 Å². The van der Waals surface area contributed by atoms with Gasteiger partial charge in [0.1, 0.15) is 0 Å². The number of piperazine rings is 1. The summed E-state index contributed by atoms with van der Waals surface area (Å²) in [6.07, 6.45) is 0. The molecule has 19 heavy (non-hydrogen) atoms. The van der Waals surface area contributed by atoms with Crippen molar-refractivity contribution < 1.29 is 0 Å². The fourth-order valence-electron chi connectivity index (χ4n) is 2.77. The van der Waals surface area contributed by atoms with Crippen LogP contribution in [0.1, 0.15) is 39.1 Å². The number of nitrogens with one attached hydrogen (secondary N) is 1. The van der Waals surface area contributed by atoms with Gasteiger partial charge in [0.15, 0.2) is 0 Å². The first kappa shape index (κ1) is 14.5. The summed E-state index contributed by atoms with van der Waals surface area (Å²) >= 11 is 0. The minimum atomic E-state index is 0.198. The van der Waals surface area contributed by atoms with Gasteiger partial charge in [-0.3, -0.25) is 9.58 Å². The Morgan fingerprint density at radius 3 is 2.68 bits per heavy atom. The van der Waals surface area contributed by atoms with Gasteiger partial charge in [-0.2, -0.15) is 5.10 Å². The van der Waals surface area contributed by atoms with Crippen molar-refractivity contribution in [2.24, 2.45) is 13.0 Å². The van der Waals surface area contributed by atoms with E-state index in [0.717, 1.165) is 25.3 Å². The lowest BCUT2D eigenvalue weighted by Crippen LogP contribution is -2.62. The molecule has 0 amide bonds. The number of aromatic nitrogens is 2. The second-order valence-electron chi connectivity index (χ2n) is 6.83. The Hall–Kier alpha value is -0.870. The quantitative estimate of drug-likeness (QED) is 0.905. The van der Waals surface area contributed by atoms with Crippen LogP contribution in [0.25, 0.3) is 0 Å². The van der Waals surface area contributed by atoms with Gasteiger partial charge in [0.25, 0.3) is 0 Å². The summed E-state index contributed by atoms with van der Waals surface area (Å²) in [7, 11) is 2.04. The Balaban J connectivity index is 2.13. The van der Waals surface area contributed by atoms with E-state index < -0.39 is 0 Å². The van der Waals surface area contributed by atoms with Gasteiger partial charge >= 0.3 is 0 Å². The molecule has 4 heteroatoms. The van der Waals surface area contributed by atoms with Crippen molar-refractivity contribution in [2.45, 2.75) is 52.7 Å². The minimum absolute atomic E-state index is 0.198. The largest absolute Gasteiger partial charge is 0.311 e. The highest BCUT2D eigenvalue weighted by Gasteiger charge is 2.35. The van der Waals surface area contributed by atoms with Crippen molar-refractivity contribution in [1.29, 1.82) is 0 Å². The second-order valence-corrected chi connectivity index (χ2v) is 6.83. The van der Waals surface area contributed by atoms with Crippen molar-refractivity contribution in [3.8, 4) is 0 Å². The van der Waals surface area contributed by atoms with Gasteiger partial charge in [0.2, 0.25) is 0 Å². The highest BCUT2D eigenvalue weighted by Crippen LogP contribution is 2.23. The molecule has 1 fully saturated rings. The molecule has 0 radical (unpaired) electrons. The first-order valence-electron chi connectivity index (χ1n) is 7.27. The lowest BCUT2D eigenvalue weighted by atomic mass is 9.92. The lowest BCUT2D eigenvalue weighted by molar-refractivity contribution is 0.0454. The molecule has 4 nitrogen and oxygen atoms in total. The third-order valence-corrected chi connectivity index (χ3v) is 4.33. The Labute approximate surface area is 117 Å². The third-order valence-electron chi connectivity index (χ3n) is 4.33. The average molecular weight is 264 g/mol. The first-order chi connectivity index (χ1) is 8.79. The fraction of sp³-hybridized carbons (Fsp3) is 0.800. The molecule has 1 N–H and O–H groups in total. The van der Waals surface area contributed by atoms with Crippen LogP contribution in [-0.2, 0) is 13.6 Å². The summed E-state index contributed by atoms with van der Waals surface area (Å²) in [6.45, 7) is 14.4. The van der Waals surface area contributed by atoms with Gasteiger partial charge in [-0.05, 0) is 32.8 Å². The second kappa shape index (κ2) is 5.25. The number of nitrogens with zero attached hydrogens (tertiary/aromatic N) is 3. The van der Waals surface area contributed by atoms with Crippen LogP contribution in [0, 0.1) is 12.8 Å². The molecule has 1 aliphatic heterocycles. The minimum Gasteiger partial charge on any atom is -0.311 e. The van der Waals surface area contributed by atoms with Crippen LogP contribution in [0.2, 0.25) is 0 Å². The van der Waals surface area contributed by atoms with Gasteiger partial charge in [-0.15, -0.1) is 0 Å². The van der Waals surface area contributed by atoms with E-state index in [1.807, 2.05) is 11.7 Å². The van der Waals surface area contributed by atoms with E-state index in [0.29, 0.717) is 12.0 Å². The van der Waals surface area contributed by atoms with Crippen LogP contribution >= 0.6 is 0 Å². The monoisotopic (exact) mass is 264 g/mol. The molecule has 1 aliphatic rings. The van der Waals surface area contributed by atoms with E-state index in [-0.39, 0.29) is 5.54 Å². The molecule has 108 valence electrons. The van der Waals surface area contributed by atoms with Crippen LogP contribution in [0.3, 0.4) is 0 Å². The normalized spacial score (nSPS) is 24.1. The standard InChI is InChI=1S/C15H28N4/c1-11(2)14-9-19(15(4,5)10-16-14)8-13-7-12(3)17-18(13)6/h7,11,14,16H,8-10H2,1-6H3. The Bertz CT molecular complexity index is 433. The fourth-order valence-corrected chi connectivity index (χ4v) is 2.77. The molecule has 2 heterocycles. The van der Waals surface area contributed by atoms with Crippen molar-refractivity contribution in [3.63, 3.8) is 0 Å². The maximum atomic E-state index is 4.45. The van der Waals surface area contributed by atoms with E-state index in [1.165, 1.54) is 5.69 Å². The Morgan fingerprint density at radius 1 is 1.47 bits per heavy atom. The number of aryl methyl sites for hydroxylation is 2. The molecule has 1 saturated heterocycles. The maximum absolute atomic E-state index is 4.45. The predicted octanol–water partition coefficient (Wildman–Crippen LogP) is 1.94. The van der Waals surface area contributed by atoms with Gasteiger partial charge < -0.3 is 5.32 Å². The molecule has 1 aromatic heterocycles. The number of rotatable bonds is 3. The van der Waals surface area contributed by atoms with Crippen LogP contribution in [-0.4, -0.2) is 39.4 Å². The number of hydrogen-bond acceptors (Lipinski definition) is 3. The van der Waals surface area contributed by atoms with Crippen LogP contribution in [0.4, 0.5) is 0 Å². The zero-order valence-electron chi connectivity index (χ0n) is 13.2. The number of hydrogen-bond donors (Lipinski definition) is 1. The van der Waals surface area contributed by atoms with Gasteiger partial charge in [-0.1, -0.05) is 13.8 Å². The zero-order valence-corrected chi connectivity index (χ0v) is 13.2. The first-order valence-corrected chi connectivity index (χ1v) is 7.27. The Morgan fingerprint density at radius 2 is 2.16 bits per heavy atom. The zero-order chi connectivity index (χ0) is 14.2. The van der Waals surface area contributed by atoms with E-state index in [2.05, 4.69) is 56.0 Å². The molecule has 1 atom stereocenters. The molecule has 0 bridgehead atoms. The molecular weight excluding hydrogens is 236 g/mol. The molecule has 0 aliphatic carbocycles. The summed E-state index contributed by atoms with van der Waals surface area (Å²) < 4.78 is 2.01. The highest BCUT2D eigenvalue weighted by molar-refractivity contribution is 5.10.